The van der Waals surface area contributed by atoms with Crippen LogP contribution in [0.15, 0.2) is 0 Å². The van der Waals surface area contributed by atoms with Gasteiger partial charge < -0.3 is 15.7 Å². The maximum absolute atomic E-state index is 11.9. The van der Waals surface area contributed by atoms with Gasteiger partial charge in [-0.15, -0.1) is 0 Å². The normalized spacial score (nSPS) is 37.9. The van der Waals surface area contributed by atoms with Crippen LogP contribution >= 0.6 is 0 Å². The molecule has 1 saturated carbocycles. The molecule has 2 rings (SSSR count). The molecule has 1 heterocycles. The lowest BCUT2D eigenvalue weighted by Gasteiger charge is -2.33. The van der Waals surface area contributed by atoms with Crippen molar-refractivity contribution in [1.29, 1.82) is 0 Å². The first-order valence-corrected chi connectivity index (χ1v) is 6.98. The number of nitrogens with two attached hydrogens (primary N) is 1. The van der Waals surface area contributed by atoms with Crippen LogP contribution in [0, 0.1) is 23.2 Å². The van der Waals surface area contributed by atoms with Gasteiger partial charge in [0.15, 0.2) is 0 Å². The van der Waals surface area contributed by atoms with Gasteiger partial charge in [-0.25, -0.2) is 0 Å². The van der Waals surface area contributed by atoms with Crippen molar-refractivity contribution < 1.29 is 14.7 Å². The standard InChI is InChI=1S/C14H24N2O3/c1-8-5-14(2,3)10(12(8)15)7-16-6-9(13(18)19)4-11(16)17/h8-10,12H,4-7,15H2,1-3H3,(H,18,19). The summed E-state index contributed by atoms with van der Waals surface area (Å²) < 4.78 is 0. The smallest absolute Gasteiger partial charge is 0.308 e. The number of carboxylic acids is 1. The van der Waals surface area contributed by atoms with E-state index in [9.17, 15) is 9.59 Å². The third kappa shape index (κ3) is 2.61. The second kappa shape index (κ2) is 4.78. The number of aliphatic carboxylic acids is 1. The molecule has 0 bridgehead atoms. The van der Waals surface area contributed by atoms with Crippen molar-refractivity contribution in [3.8, 4) is 0 Å². The van der Waals surface area contributed by atoms with Crippen molar-refractivity contribution in [3.63, 3.8) is 0 Å². The van der Waals surface area contributed by atoms with E-state index < -0.39 is 11.9 Å². The lowest BCUT2D eigenvalue weighted by atomic mass is 9.80. The fourth-order valence-corrected chi connectivity index (χ4v) is 3.76. The van der Waals surface area contributed by atoms with E-state index in [1.165, 1.54) is 0 Å². The van der Waals surface area contributed by atoms with E-state index in [2.05, 4.69) is 20.8 Å². The third-order valence-electron chi connectivity index (χ3n) is 4.95. The summed E-state index contributed by atoms with van der Waals surface area (Å²) in [6, 6.07) is 0.0895. The lowest BCUT2D eigenvalue weighted by molar-refractivity contribution is -0.141. The van der Waals surface area contributed by atoms with Crippen LogP contribution < -0.4 is 5.73 Å². The van der Waals surface area contributed by atoms with Gasteiger partial charge in [0.05, 0.1) is 5.92 Å². The summed E-state index contributed by atoms with van der Waals surface area (Å²) in [7, 11) is 0. The van der Waals surface area contributed by atoms with Gasteiger partial charge in [-0.2, -0.15) is 0 Å². The van der Waals surface area contributed by atoms with Gasteiger partial charge in [-0.1, -0.05) is 20.8 Å². The zero-order valence-electron chi connectivity index (χ0n) is 11.9. The van der Waals surface area contributed by atoms with E-state index in [4.69, 9.17) is 10.8 Å². The molecular weight excluding hydrogens is 244 g/mol. The molecule has 0 radical (unpaired) electrons. The molecule has 0 spiro atoms. The van der Waals surface area contributed by atoms with Crippen molar-refractivity contribution in [2.75, 3.05) is 13.1 Å². The van der Waals surface area contributed by atoms with Gasteiger partial charge in [0.2, 0.25) is 5.91 Å². The first kappa shape index (κ1) is 14.3. The summed E-state index contributed by atoms with van der Waals surface area (Å²) in [5, 5.41) is 9.00. The van der Waals surface area contributed by atoms with Crippen LogP contribution in [0.4, 0.5) is 0 Å². The van der Waals surface area contributed by atoms with Crippen LogP contribution in [0.3, 0.4) is 0 Å². The quantitative estimate of drug-likeness (QED) is 0.797. The Bertz CT molecular complexity index is 394. The van der Waals surface area contributed by atoms with Gasteiger partial charge in [0, 0.05) is 25.6 Å². The van der Waals surface area contributed by atoms with E-state index >= 15 is 0 Å². The number of hydrogen-bond acceptors (Lipinski definition) is 3. The molecular formula is C14H24N2O3. The largest absolute Gasteiger partial charge is 0.481 e. The molecule has 0 aromatic rings. The summed E-state index contributed by atoms with van der Waals surface area (Å²) in [6.45, 7) is 7.47. The highest BCUT2D eigenvalue weighted by molar-refractivity contribution is 5.86. The Labute approximate surface area is 114 Å². The van der Waals surface area contributed by atoms with Gasteiger partial charge in [0.25, 0.3) is 0 Å². The van der Waals surface area contributed by atoms with E-state index in [0.717, 1.165) is 6.42 Å². The number of hydrogen-bond donors (Lipinski definition) is 2. The van der Waals surface area contributed by atoms with Crippen LogP contribution in [0.1, 0.15) is 33.6 Å². The highest BCUT2D eigenvalue weighted by Gasteiger charge is 2.46. The molecule has 2 aliphatic rings. The van der Waals surface area contributed by atoms with Gasteiger partial charge in [-0.3, -0.25) is 9.59 Å². The SMILES string of the molecule is CC1CC(C)(C)C(CN2CC(C(=O)O)CC2=O)C1N. The molecule has 108 valence electrons. The molecule has 1 aliphatic heterocycles. The van der Waals surface area contributed by atoms with Crippen molar-refractivity contribution in [2.45, 2.75) is 39.7 Å². The Morgan fingerprint density at radius 1 is 1.53 bits per heavy atom. The third-order valence-corrected chi connectivity index (χ3v) is 4.95. The molecule has 4 atom stereocenters. The minimum Gasteiger partial charge on any atom is -0.481 e. The Balaban J connectivity index is 2.05. The Kier molecular flexibility index (Phi) is 3.60. The maximum Gasteiger partial charge on any atom is 0.308 e. The fourth-order valence-electron chi connectivity index (χ4n) is 3.76. The number of carbonyl (C=O) groups excluding carboxylic acids is 1. The monoisotopic (exact) mass is 268 g/mol. The van der Waals surface area contributed by atoms with Crippen molar-refractivity contribution in [2.24, 2.45) is 28.9 Å². The van der Waals surface area contributed by atoms with Crippen LogP contribution in [0.5, 0.6) is 0 Å². The van der Waals surface area contributed by atoms with Crippen LogP contribution in [0.25, 0.3) is 0 Å². The Hall–Kier alpha value is -1.10. The minimum atomic E-state index is -0.876. The van der Waals surface area contributed by atoms with Crippen molar-refractivity contribution in [1.82, 2.24) is 4.90 Å². The summed E-state index contributed by atoms with van der Waals surface area (Å²) in [6.07, 6.45) is 1.19. The highest BCUT2D eigenvalue weighted by atomic mass is 16.4. The number of carboxylic acid groups (broad SMARTS) is 1. The van der Waals surface area contributed by atoms with E-state index in [-0.39, 0.29) is 29.7 Å². The molecule has 4 unspecified atom stereocenters. The first-order chi connectivity index (χ1) is 8.72. The molecule has 1 saturated heterocycles. The van der Waals surface area contributed by atoms with E-state index in [1.54, 1.807) is 4.90 Å². The molecule has 5 heteroatoms. The highest BCUT2D eigenvalue weighted by Crippen LogP contribution is 2.45. The molecule has 3 N–H and O–H groups in total. The zero-order valence-corrected chi connectivity index (χ0v) is 11.9. The second-order valence-corrected chi connectivity index (χ2v) is 6.89. The molecule has 1 aliphatic carbocycles. The summed E-state index contributed by atoms with van der Waals surface area (Å²) >= 11 is 0. The van der Waals surface area contributed by atoms with E-state index in [0.29, 0.717) is 19.0 Å². The van der Waals surface area contributed by atoms with Crippen LogP contribution in [0.2, 0.25) is 0 Å². The van der Waals surface area contributed by atoms with Gasteiger partial charge >= 0.3 is 5.97 Å². The molecule has 5 nitrogen and oxygen atoms in total. The Morgan fingerprint density at radius 2 is 2.16 bits per heavy atom. The van der Waals surface area contributed by atoms with Crippen molar-refractivity contribution >= 4 is 11.9 Å². The topological polar surface area (TPSA) is 83.6 Å². The molecule has 0 aromatic heterocycles. The predicted molar refractivity (Wildman–Crippen MR) is 71.4 cm³/mol. The number of amides is 1. The lowest BCUT2D eigenvalue weighted by Crippen LogP contribution is -2.43. The van der Waals surface area contributed by atoms with Crippen LogP contribution in [-0.2, 0) is 9.59 Å². The summed E-state index contributed by atoms with van der Waals surface area (Å²) in [4.78, 5) is 24.6. The maximum atomic E-state index is 11.9. The minimum absolute atomic E-state index is 0.0463. The summed E-state index contributed by atoms with van der Waals surface area (Å²) in [5.74, 6) is -0.771. The number of likely N-dealkylation sites (tertiary alicyclic amines) is 1. The average molecular weight is 268 g/mol. The predicted octanol–water partition coefficient (Wildman–Crippen LogP) is 0.929. The number of nitrogens with zero attached hydrogens (tertiary/aromatic N) is 1. The second-order valence-electron chi connectivity index (χ2n) is 6.89. The van der Waals surface area contributed by atoms with E-state index in [1.807, 2.05) is 0 Å². The molecule has 0 aromatic carbocycles. The average Bonchev–Trinajstić information content (AvgIpc) is 2.73. The van der Waals surface area contributed by atoms with Crippen molar-refractivity contribution in [3.05, 3.63) is 0 Å². The number of carbonyl (C=O) groups is 2. The van der Waals surface area contributed by atoms with Crippen LogP contribution in [-0.4, -0.2) is 41.0 Å². The molecule has 2 fully saturated rings. The summed E-state index contributed by atoms with van der Waals surface area (Å²) in [5.41, 5.74) is 6.37. The fraction of sp³-hybridized carbons (Fsp3) is 0.857. The Morgan fingerprint density at radius 3 is 2.58 bits per heavy atom. The molecule has 19 heavy (non-hydrogen) atoms. The first-order valence-electron chi connectivity index (χ1n) is 6.98. The van der Waals surface area contributed by atoms with Gasteiger partial charge in [0.1, 0.15) is 0 Å². The number of rotatable bonds is 3. The van der Waals surface area contributed by atoms with Gasteiger partial charge in [-0.05, 0) is 23.7 Å². The zero-order chi connectivity index (χ0) is 14.4. The molecule has 1 amide bonds.